The van der Waals surface area contributed by atoms with Gasteiger partial charge in [0.2, 0.25) is 10.0 Å². The lowest BCUT2D eigenvalue weighted by Gasteiger charge is -2.37. The molecule has 3 aliphatic rings. The molecule has 3 fully saturated rings. The average Bonchev–Trinajstić information content (AvgIpc) is 3.21. The minimum absolute atomic E-state index is 0.0575. The monoisotopic (exact) mass is 515 g/mol. The molecular weight excluding hydrogens is 486 g/mol. The minimum atomic E-state index is -3.94. The first-order valence-electron chi connectivity index (χ1n) is 10.7. The van der Waals surface area contributed by atoms with E-state index in [1.54, 1.807) is 13.8 Å². The molecule has 1 aliphatic carbocycles. The molecule has 0 spiro atoms. The van der Waals surface area contributed by atoms with E-state index in [2.05, 4.69) is 35.0 Å². The molecule has 0 aromatic heterocycles. The number of piperidine rings is 1. The van der Waals surface area contributed by atoms with Crippen molar-refractivity contribution in [2.45, 2.75) is 75.1 Å². The number of methoxy groups -OCH3 is 1. The zero-order valence-electron chi connectivity index (χ0n) is 18.4. The molecule has 9 heteroatoms. The van der Waals surface area contributed by atoms with Crippen molar-refractivity contribution >= 4 is 31.9 Å². The number of carbonyl (C=O) groups excluding carboxylic acids is 1. The SMILES string of the molecule is COC(=O)C1(S(=O)(=O)N2CCC(c3ccc(Br)c(C)c3)CC2)C[C@@H]2OC(C)(C)O[C@@H]2C1. The van der Waals surface area contributed by atoms with Crippen LogP contribution in [0, 0.1) is 6.92 Å². The third-order valence-corrected chi connectivity index (χ3v) is 10.3. The third-order valence-electron chi connectivity index (χ3n) is 6.85. The molecule has 7 nitrogen and oxygen atoms in total. The van der Waals surface area contributed by atoms with Gasteiger partial charge < -0.3 is 14.2 Å². The Hall–Kier alpha value is -1.00. The van der Waals surface area contributed by atoms with E-state index in [0.29, 0.717) is 31.8 Å². The maximum absolute atomic E-state index is 13.8. The van der Waals surface area contributed by atoms with Crippen LogP contribution in [0.4, 0.5) is 0 Å². The van der Waals surface area contributed by atoms with Gasteiger partial charge >= 0.3 is 5.97 Å². The molecule has 2 saturated heterocycles. The van der Waals surface area contributed by atoms with E-state index in [1.807, 2.05) is 6.07 Å². The molecule has 1 aromatic rings. The largest absolute Gasteiger partial charge is 0.468 e. The number of nitrogens with zero attached hydrogens (tertiary/aromatic N) is 1. The van der Waals surface area contributed by atoms with E-state index in [-0.39, 0.29) is 12.8 Å². The standard InChI is InChI=1S/C22H30BrNO6S/c1-14-11-16(5-6-17(14)23)15-7-9-24(10-8-15)31(26,27)22(20(25)28-4)12-18-19(13-22)30-21(2,3)29-18/h5-6,11,15,18-19H,7-10,12-13H2,1-4H3/t18-,19+,22?. The van der Waals surface area contributed by atoms with Crippen LogP contribution >= 0.6 is 15.9 Å². The Balaban J connectivity index is 1.53. The van der Waals surface area contributed by atoms with Crippen LogP contribution < -0.4 is 0 Å². The van der Waals surface area contributed by atoms with Gasteiger partial charge in [0.05, 0.1) is 19.3 Å². The lowest BCUT2D eigenvalue weighted by atomic mass is 9.89. The van der Waals surface area contributed by atoms with Gasteiger partial charge in [0, 0.05) is 30.4 Å². The van der Waals surface area contributed by atoms with E-state index >= 15 is 0 Å². The van der Waals surface area contributed by atoms with E-state index in [0.717, 1.165) is 10.0 Å². The second kappa shape index (κ2) is 8.09. The van der Waals surface area contributed by atoms with Crippen LogP contribution in [0.15, 0.2) is 22.7 Å². The first-order chi connectivity index (χ1) is 14.5. The summed E-state index contributed by atoms with van der Waals surface area (Å²) in [5.41, 5.74) is 2.39. The van der Waals surface area contributed by atoms with Crippen molar-refractivity contribution in [2.24, 2.45) is 0 Å². The minimum Gasteiger partial charge on any atom is -0.468 e. The molecule has 0 amide bonds. The molecule has 0 bridgehead atoms. The molecule has 1 aromatic carbocycles. The molecule has 2 heterocycles. The van der Waals surface area contributed by atoms with Crippen LogP contribution in [-0.2, 0) is 29.0 Å². The highest BCUT2D eigenvalue weighted by atomic mass is 79.9. The highest BCUT2D eigenvalue weighted by Gasteiger charge is 2.65. The second-order valence-corrected chi connectivity index (χ2v) is 12.4. The molecule has 31 heavy (non-hydrogen) atoms. The van der Waals surface area contributed by atoms with Gasteiger partial charge in [-0.1, -0.05) is 28.1 Å². The van der Waals surface area contributed by atoms with E-state index in [9.17, 15) is 13.2 Å². The maximum atomic E-state index is 13.8. The topological polar surface area (TPSA) is 82.1 Å². The Labute approximate surface area is 192 Å². The molecule has 2 aliphatic heterocycles. The Morgan fingerprint density at radius 1 is 1.16 bits per heavy atom. The van der Waals surface area contributed by atoms with Gasteiger partial charge in [0.25, 0.3) is 0 Å². The molecule has 0 N–H and O–H groups in total. The quantitative estimate of drug-likeness (QED) is 0.570. The van der Waals surface area contributed by atoms with Gasteiger partial charge in [-0.3, -0.25) is 4.79 Å². The number of hydrogen-bond donors (Lipinski definition) is 0. The number of halogens is 1. The number of esters is 1. The second-order valence-electron chi connectivity index (χ2n) is 9.29. The predicted octanol–water partition coefficient (Wildman–Crippen LogP) is 3.49. The lowest BCUT2D eigenvalue weighted by molar-refractivity contribution is -0.160. The molecular formula is C22H30BrNO6S. The van der Waals surface area contributed by atoms with Gasteiger partial charge in [-0.05, 0) is 56.7 Å². The van der Waals surface area contributed by atoms with E-state index < -0.39 is 38.7 Å². The summed E-state index contributed by atoms with van der Waals surface area (Å²) in [5, 5.41) is 0. The summed E-state index contributed by atoms with van der Waals surface area (Å²) in [6.45, 7) is 6.41. The van der Waals surface area contributed by atoms with Gasteiger partial charge in [-0.15, -0.1) is 0 Å². The van der Waals surface area contributed by atoms with Crippen LogP contribution in [0.3, 0.4) is 0 Å². The Kier molecular flexibility index (Phi) is 6.05. The molecule has 172 valence electrons. The third kappa shape index (κ3) is 3.97. The average molecular weight is 516 g/mol. The maximum Gasteiger partial charge on any atom is 0.328 e. The fraction of sp³-hybridized carbons (Fsp3) is 0.682. The number of sulfonamides is 1. The van der Waals surface area contributed by atoms with Gasteiger partial charge in [0.1, 0.15) is 0 Å². The summed E-state index contributed by atoms with van der Waals surface area (Å²) in [6.07, 6.45) is 0.665. The van der Waals surface area contributed by atoms with Crippen molar-refractivity contribution in [1.82, 2.24) is 4.31 Å². The number of benzene rings is 1. The number of fused-ring (bicyclic) bond motifs is 1. The number of aryl methyl sites for hydroxylation is 1. The lowest BCUT2D eigenvalue weighted by Crippen LogP contribution is -2.55. The first-order valence-corrected chi connectivity index (χ1v) is 12.9. The van der Waals surface area contributed by atoms with E-state index in [1.165, 1.54) is 17.0 Å². The number of ether oxygens (including phenoxy) is 3. The molecule has 3 atom stereocenters. The predicted molar refractivity (Wildman–Crippen MR) is 119 cm³/mol. The summed E-state index contributed by atoms with van der Waals surface area (Å²) in [7, 11) is -2.71. The normalized spacial score (nSPS) is 31.5. The molecule has 1 saturated carbocycles. The van der Waals surface area contributed by atoms with Crippen molar-refractivity contribution in [3.8, 4) is 0 Å². The summed E-state index contributed by atoms with van der Waals surface area (Å²) in [4.78, 5) is 12.8. The highest BCUT2D eigenvalue weighted by Crippen LogP contribution is 2.48. The van der Waals surface area contributed by atoms with Crippen molar-refractivity contribution in [1.29, 1.82) is 0 Å². The van der Waals surface area contributed by atoms with E-state index in [4.69, 9.17) is 14.2 Å². The summed E-state index contributed by atoms with van der Waals surface area (Å²) in [5.74, 6) is -1.21. The summed E-state index contributed by atoms with van der Waals surface area (Å²) < 4.78 is 45.1. The molecule has 1 unspecified atom stereocenters. The Morgan fingerprint density at radius 2 is 1.74 bits per heavy atom. The van der Waals surface area contributed by atoms with Crippen LogP contribution in [0.2, 0.25) is 0 Å². The van der Waals surface area contributed by atoms with Crippen molar-refractivity contribution < 1.29 is 27.4 Å². The highest BCUT2D eigenvalue weighted by molar-refractivity contribution is 9.10. The van der Waals surface area contributed by atoms with Gasteiger partial charge in [-0.2, -0.15) is 0 Å². The number of rotatable bonds is 4. The fourth-order valence-corrected chi connectivity index (χ4v) is 7.73. The van der Waals surface area contributed by atoms with Crippen molar-refractivity contribution in [2.75, 3.05) is 20.2 Å². The van der Waals surface area contributed by atoms with Crippen LogP contribution in [-0.4, -0.2) is 61.6 Å². The number of hydrogen-bond acceptors (Lipinski definition) is 6. The summed E-state index contributed by atoms with van der Waals surface area (Å²) >= 11 is 3.53. The van der Waals surface area contributed by atoms with Crippen LogP contribution in [0.25, 0.3) is 0 Å². The smallest absolute Gasteiger partial charge is 0.328 e. The molecule has 0 radical (unpaired) electrons. The zero-order chi connectivity index (χ0) is 22.6. The van der Waals surface area contributed by atoms with Gasteiger partial charge in [0.15, 0.2) is 10.5 Å². The van der Waals surface area contributed by atoms with Gasteiger partial charge in [-0.25, -0.2) is 12.7 Å². The summed E-state index contributed by atoms with van der Waals surface area (Å²) in [6, 6.07) is 6.29. The van der Waals surface area contributed by atoms with Crippen molar-refractivity contribution in [3.63, 3.8) is 0 Å². The van der Waals surface area contributed by atoms with Crippen molar-refractivity contribution in [3.05, 3.63) is 33.8 Å². The Morgan fingerprint density at radius 3 is 2.26 bits per heavy atom. The fourth-order valence-electron chi connectivity index (χ4n) is 5.26. The number of carbonyl (C=O) groups is 1. The Bertz CT molecular complexity index is 954. The molecule has 4 rings (SSSR count). The van der Waals surface area contributed by atoms with Crippen LogP contribution in [0.1, 0.15) is 56.6 Å². The first kappa shape index (κ1) is 23.2. The zero-order valence-corrected chi connectivity index (χ0v) is 20.8. The van der Waals surface area contributed by atoms with Crippen LogP contribution in [0.5, 0.6) is 0 Å².